The molecule has 18 heavy (non-hydrogen) atoms. The average Bonchev–Trinajstić information content (AvgIpc) is 2.12. The molecule has 1 N–H and O–H groups in total. The Labute approximate surface area is 136 Å². The molecule has 92 valence electrons. The van der Waals surface area contributed by atoms with Crippen LogP contribution in [-0.2, 0) is 9.59 Å². The predicted molar refractivity (Wildman–Crippen MR) is 66.5 cm³/mol. The minimum absolute atomic E-state index is 0. The van der Waals surface area contributed by atoms with Crippen molar-refractivity contribution in [1.82, 2.24) is 5.32 Å². The molecule has 5 nitrogen and oxygen atoms in total. The summed E-state index contributed by atoms with van der Waals surface area (Å²) in [5.41, 5.74) is -0.743. The molecule has 0 saturated carbocycles. The number of carbonyl (C=O) groups is 3. The zero-order chi connectivity index (χ0) is 13.2. The van der Waals surface area contributed by atoms with Gasteiger partial charge in [0.2, 0.25) is 0 Å². The molecule has 0 aromatic rings. The van der Waals surface area contributed by atoms with Gasteiger partial charge in [0.05, 0.1) is 5.41 Å². The Hall–Kier alpha value is -0.430. The first kappa shape index (κ1) is 17.6. The standard InChI is InChI=1S/C11H13BrN2O3.Na/c1-6(2)4-11(5-7(3)12)8(15)13-10(17)14-9(11)16;/h1,3-5H2,2H3,(H2,13,14,15,16,17);/q;+1/p-1. The van der Waals surface area contributed by atoms with Crippen molar-refractivity contribution < 1.29 is 43.9 Å². The summed E-state index contributed by atoms with van der Waals surface area (Å²) in [6.45, 7) is 9.01. The minimum Gasteiger partial charge on any atom is -0.394 e. The van der Waals surface area contributed by atoms with E-state index in [1.807, 2.05) is 5.32 Å². The van der Waals surface area contributed by atoms with Crippen LogP contribution < -0.4 is 34.9 Å². The van der Waals surface area contributed by atoms with Crippen LogP contribution in [0, 0.1) is 5.41 Å². The van der Waals surface area contributed by atoms with Gasteiger partial charge < -0.3 is 10.6 Å². The third kappa shape index (κ3) is 3.78. The van der Waals surface area contributed by atoms with Gasteiger partial charge in [-0.15, -0.1) is 6.58 Å². The minimum atomic E-state index is -1.40. The second kappa shape index (κ2) is 6.65. The number of rotatable bonds is 4. The van der Waals surface area contributed by atoms with Gasteiger partial charge in [-0.2, -0.15) is 0 Å². The number of hydrogen-bond acceptors (Lipinski definition) is 3. The Bertz CT molecular complexity index is 396. The Kier molecular flexibility index (Phi) is 6.50. The number of allylic oxidation sites excluding steroid dienone is 2. The van der Waals surface area contributed by atoms with E-state index in [0.717, 1.165) is 0 Å². The van der Waals surface area contributed by atoms with Crippen LogP contribution in [0.4, 0.5) is 4.79 Å². The van der Waals surface area contributed by atoms with E-state index < -0.39 is 23.3 Å². The number of amides is 4. The van der Waals surface area contributed by atoms with Gasteiger partial charge in [-0.25, -0.2) is 0 Å². The number of hydrogen-bond donors (Lipinski definition) is 1. The average molecular weight is 323 g/mol. The molecule has 1 rings (SSSR count). The molecule has 1 heterocycles. The zero-order valence-corrected chi connectivity index (χ0v) is 14.0. The van der Waals surface area contributed by atoms with E-state index in [1.165, 1.54) is 0 Å². The molecule has 7 heteroatoms. The Balaban J connectivity index is 0.00000289. The molecular weight excluding hydrogens is 311 g/mol. The first-order valence-corrected chi connectivity index (χ1v) is 5.66. The van der Waals surface area contributed by atoms with E-state index in [2.05, 4.69) is 34.4 Å². The van der Waals surface area contributed by atoms with Crippen LogP contribution >= 0.6 is 15.9 Å². The van der Waals surface area contributed by atoms with Crippen LogP contribution in [0.1, 0.15) is 19.8 Å². The van der Waals surface area contributed by atoms with Gasteiger partial charge in [0, 0.05) is 0 Å². The Morgan fingerprint density at radius 3 is 2.28 bits per heavy atom. The fourth-order valence-electron chi connectivity index (χ4n) is 1.76. The first-order valence-electron chi connectivity index (χ1n) is 4.87. The molecule has 1 aliphatic rings. The molecular formula is C11H12BrN2NaO3. The van der Waals surface area contributed by atoms with E-state index >= 15 is 0 Å². The van der Waals surface area contributed by atoms with Gasteiger partial charge in [0.25, 0.3) is 0 Å². The van der Waals surface area contributed by atoms with Crippen LogP contribution in [-0.4, -0.2) is 17.8 Å². The van der Waals surface area contributed by atoms with Crippen LogP contribution in [0.25, 0.3) is 5.32 Å². The van der Waals surface area contributed by atoms with Crippen molar-refractivity contribution >= 4 is 33.8 Å². The molecule has 0 aromatic carbocycles. The normalized spacial score (nSPS) is 22.7. The van der Waals surface area contributed by atoms with Crippen molar-refractivity contribution in [2.24, 2.45) is 5.41 Å². The van der Waals surface area contributed by atoms with Gasteiger partial charge in [-0.1, -0.05) is 28.1 Å². The molecule has 1 saturated heterocycles. The van der Waals surface area contributed by atoms with Crippen molar-refractivity contribution in [1.29, 1.82) is 0 Å². The van der Waals surface area contributed by atoms with Crippen LogP contribution in [0.5, 0.6) is 0 Å². The third-order valence-electron chi connectivity index (χ3n) is 2.36. The Morgan fingerprint density at radius 1 is 1.33 bits per heavy atom. The van der Waals surface area contributed by atoms with Gasteiger partial charge in [-0.05, 0) is 24.2 Å². The smallest absolute Gasteiger partial charge is 0.394 e. The zero-order valence-electron chi connectivity index (χ0n) is 10.4. The van der Waals surface area contributed by atoms with E-state index in [-0.39, 0.29) is 42.4 Å². The fourth-order valence-corrected chi connectivity index (χ4v) is 2.24. The van der Waals surface area contributed by atoms with Gasteiger partial charge in [-0.3, -0.25) is 14.4 Å². The Morgan fingerprint density at radius 2 is 1.89 bits per heavy atom. The van der Waals surface area contributed by atoms with E-state index in [4.69, 9.17) is 0 Å². The van der Waals surface area contributed by atoms with Crippen LogP contribution in [0.2, 0.25) is 0 Å². The quantitative estimate of drug-likeness (QED) is 0.426. The number of imide groups is 2. The van der Waals surface area contributed by atoms with Crippen LogP contribution in [0.15, 0.2) is 23.2 Å². The van der Waals surface area contributed by atoms with Crippen molar-refractivity contribution in [2.75, 3.05) is 0 Å². The van der Waals surface area contributed by atoms with E-state index in [9.17, 15) is 14.4 Å². The molecule has 0 radical (unpaired) electrons. The summed E-state index contributed by atoms with van der Waals surface area (Å²) in [5.74, 6) is -1.39. The third-order valence-corrected chi connectivity index (χ3v) is 2.65. The summed E-state index contributed by atoms with van der Waals surface area (Å²) in [6, 6.07) is -0.919. The molecule has 1 unspecified atom stereocenters. The number of urea groups is 1. The van der Waals surface area contributed by atoms with Crippen molar-refractivity contribution in [3.63, 3.8) is 0 Å². The second-order valence-electron chi connectivity index (χ2n) is 4.09. The van der Waals surface area contributed by atoms with E-state index in [1.54, 1.807) is 6.92 Å². The summed E-state index contributed by atoms with van der Waals surface area (Å²) < 4.78 is 0.492. The summed E-state index contributed by atoms with van der Waals surface area (Å²) in [6.07, 6.45) is 0.223. The second-order valence-corrected chi connectivity index (χ2v) is 5.21. The maximum absolute atomic E-state index is 11.9. The predicted octanol–water partition coefficient (Wildman–Crippen LogP) is -0.608. The summed E-state index contributed by atoms with van der Waals surface area (Å²) in [5, 5.41) is 5.32. The molecule has 1 aliphatic heterocycles. The van der Waals surface area contributed by atoms with Crippen molar-refractivity contribution in [3.05, 3.63) is 28.5 Å². The SMILES string of the molecule is C=C(C)CC1(CC(=C)Br)C(=O)[N-]C(=O)NC1=O.[Na+]. The largest absolute Gasteiger partial charge is 1.00 e. The number of halogens is 1. The maximum atomic E-state index is 11.9. The van der Waals surface area contributed by atoms with Crippen molar-refractivity contribution in [2.45, 2.75) is 19.8 Å². The number of barbiturate groups is 1. The molecule has 0 aliphatic carbocycles. The molecule has 0 aromatic heterocycles. The number of nitrogens with one attached hydrogen (secondary N) is 1. The summed E-state index contributed by atoms with van der Waals surface area (Å²) in [4.78, 5) is 34.7. The van der Waals surface area contributed by atoms with E-state index in [0.29, 0.717) is 10.1 Å². The summed E-state index contributed by atoms with van der Waals surface area (Å²) >= 11 is 3.12. The fraction of sp³-hybridized carbons (Fsp3) is 0.364. The van der Waals surface area contributed by atoms with Crippen LogP contribution in [0.3, 0.4) is 0 Å². The molecule has 0 bridgehead atoms. The molecule has 0 spiro atoms. The topological polar surface area (TPSA) is 77.3 Å². The molecule has 1 atom stereocenters. The van der Waals surface area contributed by atoms with Gasteiger partial charge >= 0.3 is 29.6 Å². The first-order chi connectivity index (χ1) is 7.78. The monoisotopic (exact) mass is 322 g/mol. The van der Waals surface area contributed by atoms with Crippen molar-refractivity contribution in [3.8, 4) is 0 Å². The number of nitrogens with zero attached hydrogens (tertiary/aromatic N) is 1. The molecule has 1 fully saturated rings. The van der Waals surface area contributed by atoms with Gasteiger partial charge in [0.15, 0.2) is 17.8 Å². The molecule has 4 amide bonds. The number of carbonyl (C=O) groups excluding carboxylic acids is 3. The van der Waals surface area contributed by atoms with Gasteiger partial charge in [0.1, 0.15) is 0 Å². The summed E-state index contributed by atoms with van der Waals surface area (Å²) in [7, 11) is 0. The maximum Gasteiger partial charge on any atom is 1.00 e.